The van der Waals surface area contributed by atoms with E-state index in [0.29, 0.717) is 6.61 Å². The summed E-state index contributed by atoms with van der Waals surface area (Å²) < 4.78 is 5.62. The van der Waals surface area contributed by atoms with Crippen LogP contribution in [0.1, 0.15) is 26.3 Å². The fraction of sp³-hybridized carbons (Fsp3) is 0.538. The predicted octanol–water partition coefficient (Wildman–Crippen LogP) is 2.58. The van der Waals surface area contributed by atoms with Gasteiger partial charge in [0.2, 0.25) is 0 Å². The third-order valence-corrected chi connectivity index (χ3v) is 2.32. The maximum Gasteiger partial charge on any atom is 0.119 e. The summed E-state index contributed by atoms with van der Waals surface area (Å²) in [4.78, 5) is 0. The molecule has 84 valence electrons. The van der Waals surface area contributed by atoms with Gasteiger partial charge < -0.3 is 10.1 Å². The number of likely N-dealkylation sites (N-methyl/N-ethyl adjacent to an activating group) is 1. The van der Waals surface area contributed by atoms with Gasteiger partial charge in [-0.1, -0.05) is 32.9 Å². The fourth-order valence-corrected chi connectivity index (χ4v) is 1.32. The molecule has 1 rings (SSSR count). The number of benzene rings is 1. The molecule has 15 heavy (non-hydrogen) atoms. The van der Waals surface area contributed by atoms with Crippen LogP contribution >= 0.6 is 0 Å². The molecule has 1 aromatic carbocycles. The molecule has 0 fully saturated rings. The van der Waals surface area contributed by atoms with Gasteiger partial charge in [-0.2, -0.15) is 0 Å². The average molecular weight is 207 g/mol. The Morgan fingerprint density at radius 3 is 2.60 bits per heavy atom. The smallest absolute Gasteiger partial charge is 0.119 e. The summed E-state index contributed by atoms with van der Waals surface area (Å²) in [5.74, 6) is 0.956. The Labute approximate surface area is 92.6 Å². The molecule has 0 bridgehead atoms. The van der Waals surface area contributed by atoms with Crippen molar-refractivity contribution in [2.45, 2.75) is 26.2 Å². The van der Waals surface area contributed by atoms with Crippen molar-refractivity contribution < 1.29 is 4.74 Å². The minimum absolute atomic E-state index is 0.183. The lowest BCUT2D eigenvalue weighted by Crippen LogP contribution is -2.16. The molecule has 2 nitrogen and oxygen atoms in total. The molecule has 1 N–H and O–H groups in total. The van der Waals surface area contributed by atoms with E-state index < -0.39 is 0 Å². The molecule has 2 heteroatoms. The van der Waals surface area contributed by atoms with Gasteiger partial charge in [0.1, 0.15) is 12.4 Å². The van der Waals surface area contributed by atoms with E-state index in [4.69, 9.17) is 4.74 Å². The summed E-state index contributed by atoms with van der Waals surface area (Å²) in [6.45, 7) is 8.21. The van der Waals surface area contributed by atoms with Crippen molar-refractivity contribution in [1.82, 2.24) is 5.32 Å². The number of hydrogen-bond donors (Lipinski definition) is 1. The molecule has 0 spiro atoms. The zero-order valence-electron chi connectivity index (χ0n) is 10.1. The van der Waals surface area contributed by atoms with Gasteiger partial charge in [-0.15, -0.1) is 0 Å². The maximum atomic E-state index is 5.62. The van der Waals surface area contributed by atoms with Crippen LogP contribution < -0.4 is 10.1 Å². The fourth-order valence-electron chi connectivity index (χ4n) is 1.32. The molecule has 0 heterocycles. The van der Waals surface area contributed by atoms with Crippen LogP contribution in [0.2, 0.25) is 0 Å². The van der Waals surface area contributed by atoms with Gasteiger partial charge in [-0.25, -0.2) is 0 Å². The van der Waals surface area contributed by atoms with Crippen LogP contribution in [-0.2, 0) is 5.41 Å². The Balaban J connectivity index is 2.66. The van der Waals surface area contributed by atoms with E-state index in [1.54, 1.807) is 0 Å². The van der Waals surface area contributed by atoms with Crippen molar-refractivity contribution in [2.75, 3.05) is 20.2 Å². The van der Waals surface area contributed by atoms with Crippen molar-refractivity contribution in [3.05, 3.63) is 29.8 Å². The molecule has 0 amide bonds. The second kappa shape index (κ2) is 5.17. The summed E-state index contributed by atoms with van der Waals surface area (Å²) >= 11 is 0. The van der Waals surface area contributed by atoms with Crippen LogP contribution in [0.3, 0.4) is 0 Å². The van der Waals surface area contributed by atoms with E-state index in [-0.39, 0.29) is 5.41 Å². The van der Waals surface area contributed by atoms with Crippen LogP contribution in [0.15, 0.2) is 24.3 Å². The van der Waals surface area contributed by atoms with Gasteiger partial charge in [0.15, 0.2) is 0 Å². The zero-order chi connectivity index (χ0) is 11.3. The van der Waals surface area contributed by atoms with Gasteiger partial charge in [-0.3, -0.25) is 0 Å². The van der Waals surface area contributed by atoms with E-state index in [2.05, 4.69) is 44.3 Å². The molecule has 0 aromatic heterocycles. The second-order valence-electron chi connectivity index (χ2n) is 4.73. The van der Waals surface area contributed by atoms with Gasteiger partial charge in [0, 0.05) is 6.54 Å². The standard InChI is InChI=1S/C13H21NO/c1-13(2,3)11-6-5-7-12(10-11)15-9-8-14-4/h5-7,10,14H,8-9H2,1-4H3. The van der Waals surface area contributed by atoms with Crippen LogP contribution in [0, 0.1) is 0 Å². The highest BCUT2D eigenvalue weighted by atomic mass is 16.5. The normalized spacial score (nSPS) is 11.5. The molecule has 0 saturated carbocycles. The van der Waals surface area contributed by atoms with Crippen molar-refractivity contribution in [1.29, 1.82) is 0 Å². The zero-order valence-corrected chi connectivity index (χ0v) is 10.1. The SMILES string of the molecule is CNCCOc1cccc(C(C)(C)C)c1. The van der Waals surface area contributed by atoms with Crippen molar-refractivity contribution >= 4 is 0 Å². The minimum Gasteiger partial charge on any atom is -0.492 e. The van der Waals surface area contributed by atoms with Gasteiger partial charge in [0.05, 0.1) is 0 Å². The average Bonchev–Trinajstić information content (AvgIpc) is 2.17. The first kappa shape index (κ1) is 12.1. The van der Waals surface area contributed by atoms with Crippen LogP contribution in [0.5, 0.6) is 5.75 Å². The Kier molecular flexibility index (Phi) is 4.15. The lowest BCUT2D eigenvalue weighted by molar-refractivity contribution is 0.317. The molecular formula is C13H21NO. The first-order valence-electron chi connectivity index (χ1n) is 5.42. The molecule has 0 saturated heterocycles. The maximum absolute atomic E-state index is 5.62. The van der Waals surface area contributed by atoms with Crippen LogP contribution in [0.25, 0.3) is 0 Å². The first-order valence-corrected chi connectivity index (χ1v) is 5.42. The number of ether oxygens (including phenoxy) is 1. The van der Waals surface area contributed by atoms with E-state index in [1.807, 2.05) is 13.1 Å². The summed E-state index contributed by atoms with van der Waals surface area (Å²) in [6, 6.07) is 8.32. The molecule has 0 aliphatic rings. The summed E-state index contributed by atoms with van der Waals surface area (Å²) in [7, 11) is 1.93. The molecule has 1 aromatic rings. The Morgan fingerprint density at radius 2 is 2.00 bits per heavy atom. The highest BCUT2D eigenvalue weighted by Crippen LogP contribution is 2.25. The van der Waals surface area contributed by atoms with E-state index in [0.717, 1.165) is 12.3 Å². The van der Waals surface area contributed by atoms with Gasteiger partial charge >= 0.3 is 0 Å². The third kappa shape index (κ3) is 3.92. The van der Waals surface area contributed by atoms with Crippen molar-refractivity contribution in [2.24, 2.45) is 0 Å². The topological polar surface area (TPSA) is 21.3 Å². The summed E-state index contributed by atoms with van der Waals surface area (Å²) in [5, 5.41) is 3.06. The predicted molar refractivity (Wildman–Crippen MR) is 64.6 cm³/mol. The quantitative estimate of drug-likeness (QED) is 0.766. The number of hydrogen-bond acceptors (Lipinski definition) is 2. The number of rotatable bonds is 4. The molecule has 0 aliphatic carbocycles. The Morgan fingerprint density at radius 1 is 1.27 bits per heavy atom. The largest absolute Gasteiger partial charge is 0.492 e. The third-order valence-electron chi connectivity index (χ3n) is 2.32. The van der Waals surface area contributed by atoms with Crippen molar-refractivity contribution in [3.63, 3.8) is 0 Å². The lowest BCUT2D eigenvalue weighted by atomic mass is 9.87. The van der Waals surface area contributed by atoms with Gasteiger partial charge in [-0.05, 0) is 30.2 Å². The summed E-state index contributed by atoms with van der Waals surface area (Å²) in [5.41, 5.74) is 1.49. The van der Waals surface area contributed by atoms with Gasteiger partial charge in [0.25, 0.3) is 0 Å². The van der Waals surface area contributed by atoms with Crippen LogP contribution in [0.4, 0.5) is 0 Å². The van der Waals surface area contributed by atoms with Crippen LogP contribution in [-0.4, -0.2) is 20.2 Å². The molecule has 0 radical (unpaired) electrons. The van der Waals surface area contributed by atoms with E-state index in [9.17, 15) is 0 Å². The first-order chi connectivity index (χ1) is 7.04. The molecule has 0 atom stereocenters. The monoisotopic (exact) mass is 207 g/mol. The highest BCUT2D eigenvalue weighted by Gasteiger charge is 2.13. The minimum atomic E-state index is 0.183. The Bertz CT molecular complexity index is 302. The lowest BCUT2D eigenvalue weighted by Gasteiger charge is -2.19. The molecular weight excluding hydrogens is 186 g/mol. The van der Waals surface area contributed by atoms with E-state index in [1.165, 1.54) is 5.56 Å². The number of nitrogens with one attached hydrogen (secondary N) is 1. The highest BCUT2D eigenvalue weighted by molar-refractivity contribution is 5.32. The molecule has 0 aliphatic heterocycles. The summed E-state index contributed by atoms with van der Waals surface area (Å²) in [6.07, 6.45) is 0. The van der Waals surface area contributed by atoms with E-state index >= 15 is 0 Å². The second-order valence-corrected chi connectivity index (χ2v) is 4.73. The Hall–Kier alpha value is -1.02. The van der Waals surface area contributed by atoms with Crippen molar-refractivity contribution in [3.8, 4) is 5.75 Å². The molecule has 0 unspecified atom stereocenters.